The Labute approximate surface area is 101 Å². The van der Waals surface area contributed by atoms with Crippen molar-refractivity contribution in [3.8, 4) is 0 Å². The molecule has 0 amide bonds. The van der Waals surface area contributed by atoms with Crippen LogP contribution >= 0.6 is 0 Å². The van der Waals surface area contributed by atoms with Gasteiger partial charge in [-0.05, 0) is 39.5 Å². The minimum absolute atomic E-state index is 0.432. The maximum atomic E-state index is 6.07. The molecule has 0 bridgehead atoms. The van der Waals surface area contributed by atoms with Gasteiger partial charge in [0.25, 0.3) is 0 Å². The van der Waals surface area contributed by atoms with Crippen LogP contribution in [0, 0.1) is 12.8 Å². The highest BCUT2D eigenvalue weighted by Crippen LogP contribution is 2.41. The van der Waals surface area contributed by atoms with Crippen molar-refractivity contribution in [1.29, 1.82) is 0 Å². The van der Waals surface area contributed by atoms with E-state index >= 15 is 0 Å². The van der Waals surface area contributed by atoms with Crippen LogP contribution in [-0.4, -0.2) is 19.3 Å². The number of hydrogen-bond donors (Lipinski definition) is 1. The number of anilines is 1. The summed E-state index contributed by atoms with van der Waals surface area (Å²) < 4.78 is 4.17. The van der Waals surface area contributed by atoms with Gasteiger partial charge in [0.1, 0.15) is 5.52 Å². The van der Waals surface area contributed by atoms with Crippen molar-refractivity contribution in [3.63, 3.8) is 0 Å². The summed E-state index contributed by atoms with van der Waals surface area (Å²) in [6.45, 7) is 7.18. The van der Waals surface area contributed by atoms with Crippen LogP contribution in [0.5, 0.6) is 0 Å². The van der Waals surface area contributed by atoms with Gasteiger partial charge in [0.15, 0.2) is 5.65 Å². The van der Waals surface area contributed by atoms with Crippen LogP contribution < -0.4 is 5.73 Å². The lowest BCUT2D eigenvalue weighted by Crippen LogP contribution is -2.13. The molecule has 2 aromatic rings. The summed E-state index contributed by atoms with van der Waals surface area (Å²) in [5.41, 5.74) is 9.08. The van der Waals surface area contributed by atoms with Gasteiger partial charge in [0, 0.05) is 12.6 Å². The quantitative estimate of drug-likeness (QED) is 0.883. The molecule has 2 aromatic heterocycles. The predicted octanol–water partition coefficient (Wildman–Crippen LogP) is 2.11. The fourth-order valence-corrected chi connectivity index (χ4v) is 2.62. The Hall–Kier alpha value is -1.52. The zero-order valence-electron chi connectivity index (χ0n) is 10.6. The molecular formula is C12H19N5. The van der Waals surface area contributed by atoms with Crippen molar-refractivity contribution in [1.82, 2.24) is 19.3 Å². The average molecular weight is 233 g/mol. The molecule has 0 aromatic carbocycles. The van der Waals surface area contributed by atoms with Gasteiger partial charge >= 0.3 is 0 Å². The normalized spacial score (nSPS) is 17.8. The van der Waals surface area contributed by atoms with Gasteiger partial charge < -0.3 is 5.73 Å². The second kappa shape index (κ2) is 3.48. The maximum Gasteiger partial charge on any atom is 0.202 e. The van der Waals surface area contributed by atoms with Crippen molar-refractivity contribution >= 4 is 17.1 Å². The van der Waals surface area contributed by atoms with Gasteiger partial charge in [-0.2, -0.15) is 5.10 Å². The van der Waals surface area contributed by atoms with Crippen molar-refractivity contribution in [2.45, 2.75) is 46.2 Å². The molecule has 2 N–H and O–H groups in total. The third-order valence-corrected chi connectivity index (χ3v) is 3.78. The molecule has 17 heavy (non-hydrogen) atoms. The van der Waals surface area contributed by atoms with Crippen LogP contribution in [0.15, 0.2) is 0 Å². The SMILES string of the molecule is CCn1nc(C)c2nc(N)n(C(C)C3CC3)c21. The Balaban J connectivity index is 2.23. The second-order valence-electron chi connectivity index (χ2n) is 4.99. The maximum absolute atomic E-state index is 6.07. The first-order chi connectivity index (χ1) is 8.13. The number of nitrogens with zero attached hydrogens (tertiary/aromatic N) is 4. The Bertz CT molecular complexity index is 561. The van der Waals surface area contributed by atoms with Crippen LogP contribution in [0.2, 0.25) is 0 Å². The monoisotopic (exact) mass is 233 g/mol. The van der Waals surface area contributed by atoms with Crippen LogP contribution in [0.1, 0.15) is 38.4 Å². The van der Waals surface area contributed by atoms with Crippen molar-refractivity contribution in [2.24, 2.45) is 5.92 Å². The lowest BCUT2D eigenvalue weighted by Gasteiger charge is -2.15. The number of imidazole rings is 1. The van der Waals surface area contributed by atoms with E-state index in [2.05, 4.69) is 28.5 Å². The van der Waals surface area contributed by atoms with Crippen LogP contribution in [0.25, 0.3) is 11.2 Å². The van der Waals surface area contributed by atoms with E-state index in [1.165, 1.54) is 12.8 Å². The zero-order valence-corrected chi connectivity index (χ0v) is 10.6. The molecule has 0 radical (unpaired) electrons. The van der Waals surface area contributed by atoms with E-state index in [9.17, 15) is 0 Å². The van der Waals surface area contributed by atoms with E-state index in [1.807, 2.05) is 11.6 Å². The molecule has 0 spiro atoms. The largest absolute Gasteiger partial charge is 0.369 e. The number of fused-ring (bicyclic) bond motifs is 1. The van der Waals surface area contributed by atoms with E-state index in [1.54, 1.807) is 0 Å². The molecule has 1 atom stereocenters. The topological polar surface area (TPSA) is 61.7 Å². The zero-order chi connectivity index (χ0) is 12.2. The Morgan fingerprint density at radius 1 is 1.47 bits per heavy atom. The van der Waals surface area contributed by atoms with E-state index in [0.29, 0.717) is 12.0 Å². The molecule has 1 saturated carbocycles. The van der Waals surface area contributed by atoms with Crippen LogP contribution in [0.3, 0.4) is 0 Å². The number of hydrogen-bond acceptors (Lipinski definition) is 3. The molecule has 1 fully saturated rings. The summed E-state index contributed by atoms with van der Waals surface area (Å²) in [4.78, 5) is 4.47. The first kappa shape index (κ1) is 10.6. The Kier molecular flexibility index (Phi) is 2.18. The molecule has 1 aliphatic rings. The third kappa shape index (κ3) is 1.45. The number of aromatic nitrogens is 4. The molecular weight excluding hydrogens is 214 g/mol. The van der Waals surface area contributed by atoms with E-state index in [0.717, 1.165) is 29.3 Å². The molecule has 5 nitrogen and oxygen atoms in total. The van der Waals surface area contributed by atoms with Gasteiger partial charge in [0.2, 0.25) is 5.95 Å². The number of rotatable bonds is 3. The predicted molar refractivity (Wildman–Crippen MR) is 67.8 cm³/mol. The molecule has 3 rings (SSSR count). The van der Waals surface area contributed by atoms with Gasteiger partial charge in [-0.3, -0.25) is 4.57 Å². The summed E-state index contributed by atoms with van der Waals surface area (Å²) in [5, 5.41) is 4.51. The lowest BCUT2D eigenvalue weighted by atomic mass is 10.2. The third-order valence-electron chi connectivity index (χ3n) is 3.78. The van der Waals surface area contributed by atoms with E-state index in [4.69, 9.17) is 5.73 Å². The van der Waals surface area contributed by atoms with Crippen molar-refractivity contribution < 1.29 is 0 Å². The minimum Gasteiger partial charge on any atom is -0.369 e. The molecule has 2 heterocycles. The summed E-state index contributed by atoms with van der Waals surface area (Å²) in [5.74, 6) is 1.39. The summed E-state index contributed by atoms with van der Waals surface area (Å²) in [6.07, 6.45) is 2.61. The number of nitrogen functional groups attached to an aromatic ring is 1. The Morgan fingerprint density at radius 2 is 2.18 bits per heavy atom. The summed E-state index contributed by atoms with van der Waals surface area (Å²) in [7, 11) is 0. The number of nitrogens with two attached hydrogens (primary N) is 1. The average Bonchev–Trinajstić information content (AvgIpc) is 3.03. The minimum atomic E-state index is 0.432. The number of aryl methyl sites for hydroxylation is 2. The highest BCUT2D eigenvalue weighted by Gasteiger charge is 2.32. The lowest BCUT2D eigenvalue weighted by molar-refractivity contribution is 0.490. The standard InChI is InChI=1S/C12H19N5/c1-4-16-11-10(7(2)15-16)14-12(13)17(11)8(3)9-5-6-9/h8-9H,4-6H2,1-3H3,(H2,13,14). The molecule has 92 valence electrons. The molecule has 0 saturated heterocycles. The molecule has 0 aliphatic heterocycles. The highest BCUT2D eigenvalue weighted by molar-refractivity contribution is 5.77. The van der Waals surface area contributed by atoms with Crippen molar-refractivity contribution in [2.75, 3.05) is 5.73 Å². The summed E-state index contributed by atoms with van der Waals surface area (Å²) in [6, 6.07) is 0.432. The van der Waals surface area contributed by atoms with Crippen LogP contribution in [-0.2, 0) is 6.54 Å². The van der Waals surface area contributed by atoms with E-state index < -0.39 is 0 Å². The van der Waals surface area contributed by atoms with Crippen molar-refractivity contribution in [3.05, 3.63) is 5.69 Å². The van der Waals surface area contributed by atoms with Gasteiger partial charge in [-0.25, -0.2) is 9.67 Å². The fraction of sp³-hybridized carbons (Fsp3) is 0.667. The first-order valence-corrected chi connectivity index (χ1v) is 6.34. The fourth-order valence-electron chi connectivity index (χ4n) is 2.62. The molecule has 1 unspecified atom stereocenters. The van der Waals surface area contributed by atoms with Gasteiger partial charge in [0.05, 0.1) is 5.69 Å². The van der Waals surface area contributed by atoms with E-state index in [-0.39, 0.29) is 0 Å². The smallest absolute Gasteiger partial charge is 0.202 e. The summed E-state index contributed by atoms with van der Waals surface area (Å²) >= 11 is 0. The first-order valence-electron chi connectivity index (χ1n) is 6.34. The molecule has 5 heteroatoms. The van der Waals surface area contributed by atoms with Crippen LogP contribution in [0.4, 0.5) is 5.95 Å². The van der Waals surface area contributed by atoms with Gasteiger partial charge in [-0.15, -0.1) is 0 Å². The molecule has 1 aliphatic carbocycles. The van der Waals surface area contributed by atoms with Gasteiger partial charge in [-0.1, -0.05) is 0 Å². The highest BCUT2D eigenvalue weighted by atomic mass is 15.4. The Morgan fingerprint density at radius 3 is 2.76 bits per heavy atom. The second-order valence-corrected chi connectivity index (χ2v) is 4.99.